The van der Waals surface area contributed by atoms with Crippen LogP contribution in [0.1, 0.15) is 56.7 Å². The Kier molecular flexibility index (Phi) is 4.12. The Labute approximate surface area is 122 Å². The second-order valence-electron chi connectivity index (χ2n) is 6.51. The van der Waals surface area contributed by atoms with Gasteiger partial charge in [-0.05, 0) is 83.1 Å². The zero-order valence-corrected chi connectivity index (χ0v) is 13.3. The first kappa shape index (κ1) is 15.0. The molecule has 1 atom stereocenters. The minimum atomic E-state index is -0.0902. The first-order valence-corrected chi connectivity index (χ1v) is 7.47. The Balaban J connectivity index is 2.21. The average Bonchev–Trinajstić information content (AvgIpc) is 2.37. The number of allylic oxidation sites excluding steroid dienone is 2. The average molecular weight is 274 g/mol. The molecular formula is C18H26O2. The highest BCUT2D eigenvalue weighted by molar-refractivity contribution is 5.53. The van der Waals surface area contributed by atoms with Crippen molar-refractivity contribution >= 4 is 0 Å². The normalized spacial score (nSPS) is 21.1. The van der Waals surface area contributed by atoms with Gasteiger partial charge in [-0.15, -0.1) is 0 Å². The van der Waals surface area contributed by atoms with Crippen LogP contribution in [0.3, 0.4) is 0 Å². The summed E-state index contributed by atoms with van der Waals surface area (Å²) in [5.74, 6) is 1.38. The van der Waals surface area contributed by atoms with E-state index in [1.807, 2.05) is 19.9 Å². The monoisotopic (exact) mass is 274 g/mol. The molecule has 1 aliphatic heterocycles. The lowest BCUT2D eigenvalue weighted by molar-refractivity contribution is 0.0561. The van der Waals surface area contributed by atoms with Crippen molar-refractivity contribution in [1.82, 2.24) is 0 Å². The number of rotatable bonds is 3. The molecule has 2 rings (SSSR count). The second kappa shape index (κ2) is 5.51. The highest BCUT2D eigenvalue weighted by Crippen LogP contribution is 2.41. The molecule has 1 N–H and O–H groups in total. The molecule has 0 saturated carbocycles. The van der Waals surface area contributed by atoms with Crippen molar-refractivity contribution in [2.75, 3.05) is 0 Å². The summed E-state index contributed by atoms with van der Waals surface area (Å²) in [6.45, 7) is 10.5. The highest BCUT2D eigenvalue weighted by atomic mass is 16.5. The molecule has 1 heterocycles. The van der Waals surface area contributed by atoms with E-state index in [4.69, 9.17) is 4.74 Å². The Hall–Kier alpha value is -1.44. The van der Waals surface area contributed by atoms with Crippen LogP contribution < -0.4 is 4.74 Å². The van der Waals surface area contributed by atoms with E-state index in [2.05, 4.69) is 26.8 Å². The molecule has 1 aromatic rings. The van der Waals surface area contributed by atoms with Crippen molar-refractivity contribution in [3.63, 3.8) is 0 Å². The molecule has 0 spiro atoms. The van der Waals surface area contributed by atoms with Gasteiger partial charge in [0.1, 0.15) is 17.1 Å². The number of hydrogen-bond donors (Lipinski definition) is 1. The molecule has 2 heteroatoms. The van der Waals surface area contributed by atoms with Crippen LogP contribution in [-0.4, -0.2) is 10.7 Å². The van der Waals surface area contributed by atoms with Gasteiger partial charge in [0.05, 0.1) is 0 Å². The van der Waals surface area contributed by atoms with Gasteiger partial charge in [0, 0.05) is 0 Å². The molecular weight excluding hydrogens is 248 g/mol. The zero-order valence-electron chi connectivity index (χ0n) is 13.3. The van der Waals surface area contributed by atoms with Crippen molar-refractivity contribution in [1.29, 1.82) is 0 Å². The van der Waals surface area contributed by atoms with E-state index < -0.39 is 0 Å². The van der Waals surface area contributed by atoms with Crippen LogP contribution in [0.2, 0.25) is 0 Å². The molecule has 1 aliphatic rings. The molecule has 2 nitrogen and oxygen atoms in total. The van der Waals surface area contributed by atoms with Gasteiger partial charge in [-0.1, -0.05) is 11.6 Å². The lowest BCUT2D eigenvalue weighted by atomic mass is 9.87. The Morgan fingerprint density at radius 3 is 2.70 bits per heavy atom. The van der Waals surface area contributed by atoms with Gasteiger partial charge in [-0.25, -0.2) is 0 Å². The third-order valence-electron chi connectivity index (χ3n) is 4.39. The first-order valence-electron chi connectivity index (χ1n) is 7.47. The maximum Gasteiger partial charge on any atom is 0.126 e. The summed E-state index contributed by atoms with van der Waals surface area (Å²) in [7, 11) is 0. The lowest BCUT2D eigenvalue weighted by Gasteiger charge is -2.37. The number of phenolic OH excluding ortho intramolecular Hbond substituents is 1. The van der Waals surface area contributed by atoms with Crippen LogP contribution in [0, 0.1) is 13.8 Å². The predicted molar refractivity (Wildman–Crippen MR) is 83.6 cm³/mol. The molecule has 20 heavy (non-hydrogen) atoms. The van der Waals surface area contributed by atoms with E-state index >= 15 is 0 Å². The SMILES string of the molecule is CC(C)=CCC[C@]1(C)CCc2cc(O)c(C)c(C)c2O1. The summed E-state index contributed by atoms with van der Waals surface area (Å²) < 4.78 is 6.33. The Morgan fingerprint density at radius 1 is 1.35 bits per heavy atom. The summed E-state index contributed by atoms with van der Waals surface area (Å²) in [4.78, 5) is 0. The predicted octanol–water partition coefficient (Wildman–Crippen LogP) is 4.84. The molecule has 0 amide bonds. The van der Waals surface area contributed by atoms with Crippen LogP contribution in [0.15, 0.2) is 17.7 Å². The number of phenols is 1. The molecule has 0 radical (unpaired) electrons. The van der Waals surface area contributed by atoms with Gasteiger partial charge >= 0.3 is 0 Å². The van der Waals surface area contributed by atoms with Gasteiger partial charge < -0.3 is 9.84 Å². The van der Waals surface area contributed by atoms with Crippen molar-refractivity contribution in [3.8, 4) is 11.5 Å². The van der Waals surface area contributed by atoms with E-state index in [1.54, 1.807) is 0 Å². The lowest BCUT2D eigenvalue weighted by Crippen LogP contribution is -2.36. The fourth-order valence-corrected chi connectivity index (χ4v) is 2.81. The fraction of sp³-hybridized carbons (Fsp3) is 0.556. The number of hydrogen-bond acceptors (Lipinski definition) is 2. The maximum absolute atomic E-state index is 9.93. The smallest absolute Gasteiger partial charge is 0.126 e. The summed E-state index contributed by atoms with van der Waals surface area (Å²) in [5, 5.41) is 9.93. The van der Waals surface area contributed by atoms with Crippen LogP contribution in [-0.2, 0) is 6.42 Å². The van der Waals surface area contributed by atoms with Crippen molar-refractivity contribution < 1.29 is 9.84 Å². The van der Waals surface area contributed by atoms with E-state index in [0.29, 0.717) is 5.75 Å². The number of aryl methyl sites for hydroxylation is 1. The van der Waals surface area contributed by atoms with Crippen LogP contribution in [0.4, 0.5) is 0 Å². The summed E-state index contributed by atoms with van der Waals surface area (Å²) in [6.07, 6.45) is 6.37. The topological polar surface area (TPSA) is 29.5 Å². The standard InChI is InChI=1S/C18H26O2/c1-12(2)7-6-9-18(5)10-8-15-11-16(19)13(3)14(4)17(15)20-18/h7,11,19H,6,8-10H2,1-5H3/t18-/m1/s1. The third kappa shape index (κ3) is 3.00. The summed E-state index contributed by atoms with van der Waals surface area (Å²) >= 11 is 0. The third-order valence-corrected chi connectivity index (χ3v) is 4.39. The molecule has 110 valence electrons. The molecule has 0 unspecified atom stereocenters. The molecule has 0 fully saturated rings. The van der Waals surface area contributed by atoms with Crippen molar-refractivity contribution in [2.24, 2.45) is 0 Å². The van der Waals surface area contributed by atoms with Crippen LogP contribution in [0.25, 0.3) is 0 Å². The second-order valence-corrected chi connectivity index (χ2v) is 6.51. The number of benzene rings is 1. The Morgan fingerprint density at radius 2 is 2.05 bits per heavy atom. The molecule has 0 saturated heterocycles. The van der Waals surface area contributed by atoms with E-state index in [1.165, 1.54) is 5.57 Å². The fourth-order valence-electron chi connectivity index (χ4n) is 2.81. The minimum Gasteiger partial charge on any atom is -0.508 e. The minimum absolute atomic E-state index is 0.0902. The largest absolute Gasteiger partial charge is 0.508 e. The van der Waals surface area contributed by atoms with Crippen LogP contribution >= 0.6 is 0 Å². The van der Waals surface area contributed by atoms with E-state index in [0.717, 1.165) is 48.1 Å². The van der Waals surface area contributed by atoms with Gasteiger partial charge in [0.25, 0.3) is 0 Å². The number of fused-ring (bicyclic) bond motifs is 1. The van der Waals surface area contributed by atoms with Gasteiger partial charge in [0.15, 0.2) is 0 Å². The number of aromatic hydroxyl groups is 1. The molecule has 0 bridgehead atoms. The molecule has 1 aromatic carbocycles. The molecule has 0 aromatic heterocycles. The quantitative estimate of drug-likeness (QED) is 0.799. The first-order chi connectivity index (χ1) is 9.32. The highest BCUT2D eigenvalue weighted by Gasteiger charge is 2.32. The van der Waals surface area contributed by atoms with Crippen molar-refractivity contribution in [2.45, 2.75) is 65.9 Å². The van der Waals surface area contributed by atoms with Crippen molar-refractivity contribution in [3.05, 3.63) is 34.4 Å². The summed E-state index contributed by atoms with van der Waals surface area (Å²) in [6, 6.07) is 1.87. The van der Waals surface area contributed by atoms with Gasteiger partial charge in [-0.2, -0.15) is 0 Å². The zero-order chi connectivity index (χ0) is 14.9. The summed E-state index contributed by atoms with van der Waals surface area (Å²) in [5.41, 5.74) is 4.42. The van der Waals surface area contributed by atoms with E-state index in [9.17, 15) is 5.11 Å². The maximum atomic E-state index is 9.93. The number of ether oxygens (including phenoxy) is 1. The van der Waals surface area contributed by atoms with E-state index in [-0.39, 0.29) is 5.60 Å². The Bertz CT molecular complexity index is 539. The molecule has 0 aliphatic carbocycles. The van der Waals surface area contributed by atoms with Gasteiger partial charge in [0.2, 0.25) is 0 Å². The van der Waals surface area contributed by atoms with Gasteiger partial charge in [-0.3, -0.25) is 0 Å². The van der Waals surface area contributed by atoms with Crippen LogP contribution in [0.5, 0.6) is 11.5 Å².